The minimum absolute atomic E-state index is 0.0282. The fourth-order valence-electron chi connectivity index (χ4n) is 2.40. The SMILES string of the molecule is Cc1cc(F)c2c(c1)C(CCN)CC2. The number of aryl methyl sites for hydroxylation is 1. The summed E-state index contributed by atoms with van der Waals surface area (Å²) in [7, 11) is 0. The lowest BCUT2D eigenvalue weighted by molar-refractivity contribution is 0.610. The largest absolute Gasteiger partial charge is 0.330 e. The van der Waals surface area contributed by atoms with Crippen LogP contribution in [0.3, 0.4) is 0 Å². The van der Waals surface area contributed by atoms with Crippen molar-refractivity contribution in [1.82, 2.24) is 0 Å². The molecule has 1 aromatic rings. The predicted octanol–water partition coefficient (Wildman–Crippen LogP) is 2.51. The smallest absolute Gasteiger partial charge is 0.126 e. The summed E-state index contributed by atoms with van der Waals surface area (Å²) in [4.78, 5) is 0. The Bertz CT molecular complexity index is 346. The van der Waals surface area contributed by atoms with Crippen LogP contribution in [0.1, 0.15) is 35.4 Å². The Morgan fingerprint density at radius 1 is 1.50 bits per heavy atom. The molecule has 76 valence electrons. The fourth-order valence-corrected chi connectivity index (χ4v) is 2.40. The molecule has 1 nitrogen and oxygen atoms in total. The van der Waals surface area contributed by atoms with Crippen LogP contribution in [0.2, 0.25) is 0 Å². The van der Waals surface area contributed by atoms with E-state index in [1.807, 2.05) is 6.92 Å². The first-order valence-corrected chi connectivity index (χ1v) is 5.21. The van der Waals surface area contributed by atoms with Gasteiger partial charge in [-0.05, 0) is 61.4 Å². The average molecular weight is 193 g/mol. The third kappa shape index (κ3) is 1.55. The monoisotopic (exact) mass is 193 g/mol. The molecule has 1 aromatic carbocycles. The first-order chi connectivity index (χ1) is 6.72. The molecule has 2 N–H and O–H groups in total. The van der Waals surface area contributed by atoms with Gasteiger partial charge < -0.3 is 5.73 Å². The van der Waals surface area contributed by atoms with Crippen molar-refractivity contribution in [2.24, 2.45) is 5.73 Å². The van der Waals surface area contributed by atoms with E-state index in [2.05, 4.69) is 6.07 Å². The van der Waals surface area contributed by atoms with Gasteiger partial charge in [-0.1, -0.05) is 6.07 Å². The summed E-state index contributed by atoms with van der Waals surface area (Å²) < 4.78 is 13.5. The molecular formula is C12H16FN. The molecule has 1 aliphatic carbocycles. The van der Waals surface area contributed by atoms with Crippen LogP contribution in [-0.2, 0) is 6.42 Å². The van der Waals surface area contributed by atoms with E-state index in [1.165, 1.54) is 5.56 Å². The third-order valence-corrected chi connectivity index (χ3v) is 3.07. The first kappa shape index (κ1) is 9.66. The predicted molar refractivity (Wildman–Crippen MR) is 55.9 cm³/mol. The van der Waals surface area contributed by atoms with E-state index < -0.39 is 0 Å². The van der Waals surface area contributed by atoms with Crippen molar-refractivity contribution in [1.29, 1.82) is 0 Å². The van der Waals surface area contributed by atoms with Crippen molar-refractivity contribution in [3.05, 3.63) is 34.6 Å². The van der Waals surface area contributed by atoms with E-state index in [0.717, 1.165) is 30.4 Å². The Labute approximate surface area is 84.1 Å². The van der Waals surface area contributed by atoms with Crippen LogP contribution in [0.15, 0.2) is 12.1 Å². The fraction of sp³-hybridized carbons (Fsp3) is 0.500. The van der Waals surface area contributed by atoms with Crippen LogP contribution in [0, 0.1) is 12.7 Å². The highest BCUT2D eigenvalue weighted by atomic mass is 19.1. The molecule has 0 saturated carbocycles. The van der Waals surface area contributed by atoms with Crippen LogP contribution >= 0.6 is 0 Å². The van der Waals surface area contributed by atoms with Gasteiger partial charge in [0.05, 0.1) is 0 Å². The second-order valence-corrected chi connectivity index (χ2v) is 4.13. The summed E-state index contributed by atoms with van der Waals surface area (Å²) in [6.45, 7) is 2.64. The van der Waals surface area contributed by atoms with Gasteiger partial charge in [0.2, 0.25) is 0 Å². The van der Waals surface area contributed by atoms with E-state index in [1.54, 1.807) is 6.07 Å². The number of nitrogens with two attached hydrogens (primary N) is 1. The van der Waals surface area contributed by atoms with Crippen molar-refractivity contribution < 1.29 is 4.39 Å². The van der Waals surface area contributed by atoms with Crippen molar-refractivity contribution in [2.45, 2.75) is 32.1 Å². The molecule has 0 spiro atoms. The third-order valence-electron chi connectivity index (χ3n) is 3.07. The normalized spacial score (nSPS) is 19.8. The maximum absolute atomic E-state index is 13.5. The van der Waals surface area contributed by atoms with E-state index >= 15 is 0 Å². The van der Waals surface area contributed by atoms with Gasteiger partial charge in [0.15, 0.2) is 0 Å². The van der Waals surface area contributed by atoms with Crippen LogP contribution in [0.5, 0.6) is 0 Å². The minimum Gasteiger partial charge on any atom is -0.330 e. The molecule has 1 atom stereocenters. The molecule has 0 aromatic heterocycles. The Morgan fingerprint density at radius 3 is 3.00 bits per heavy atom. The van der Waals surface area contributed by atoms with Crippen LogP contribution < -0.4 is 5.73 Å². The molecule has 2 rings (SSSR count). The number of fused-ring (bicyclic) bond motifs is 1. The van der Waals surface area contributed by atoms with Gasteiger partial charge in [0, 0.05) is 0 Å². The number of hydrogen-bond acceptors (Lipinski definition) is 1. The maximum Gasteiger partial charge on any atom is 0.126 e. The van der Waals surface area contributed by atoms with Gasteiger partial charge in [0.25, 0.3) is 0 Å². The van der Waals surface area contributed by atoms with E-state index in [-0.39, 0.29) is 5.82 Å². The molecule has 0 radical (unpaired) electrons. The highest BCUT2D eigenvalue weighted by molar-refractivity contribution is 5.39. The first-order valence-electron chi connectivity index (χ1n) is 5.21. The summed E-state index contributed by atoms with van der Waals surface area (Å²) in [5.41, 5.74) is 8.69. The molecule has 1 aliphatic rings. The van der Waals surface area contributed by atoms with Gasteiger partial charge in [-0.25, -0.2) is 4.39 Å². The zero-order valence-corrected chi connectivity index (χ0v) is 8.52. The van der Waals surface area contributed by atoms with Crippen molar-refractivity contribution in [2.75, 3.05) is 6.54 Å². The quantitative estimate of drug-likeness (QED) is 0.767. The highest BCUT2D eigenvalue weighted by Crippen LogP contribution is 2.37. The molecule has 14 heavy (non-hydrogen) atoms. The molecule has 0 aliphatic heterocycles. The second-order valence-electron chi connectivity index (χ2n) is 4.13. The molecule has 1 unspecified atom stereocenters. The Morgan fingerprint density at radius 2 is 2.29 bits per heavy atom. The van der Waals surface area contributed by atoms with Gasteiger partial charge in [-0.15, -0.1) is 0 Å². The highest BCUT2D eigenvalue weighted by Gasteiger charge is 2.24. The molecule has 0 saturated heterocycles. The standard InChI is InChI=1S/C12H16FN/c1-8-6-11-9(4-5-14)2-3-10(11)12(13)7-8/h6-7,9H,2-5,14H2,1H3. The van der Waals surface area contributed by atoms with E-state index in [4.69, 9.17) is 5.73 Å². The number of hydrogen-bond donors (Lipinski definition) is 1. The zero-order valence-electron chi connectivity index (χ0n) is 8.52. The molecule has 0 bridgehead atoms. The lowest BCUT2D eigenvalue weighted by Gasteiger charge is -2.10. The Balaban J connectivity index is 2.38. The Kier molecular flexibility index (Phi) is 2.55. The topological polar surface area (TPSA) is 26.0 Å². The van der Waals surface area contributed by atoms with Gasteiger partial charge in [-0.2, -0.15) is 0 Å². The van der Waals surface area contributed by atoms with E-state index in [0.29, 0.717) is 12.5 Å². The minimum atomic E-state index is -0.0282. The summed E-state index contributed by atoms with van der Waals surface area (Å²) in [5.74, 6) is 0.462. The Hall–Kier alpha value is -0.890. The number of benzene rings is 1. The molecule has 0 amide bonds. The van der Waals surface area contributed by atoms with Gasteiger partial charge in [0.1, 0.15) is 5.82 Å². The number of rotatable bonds is 2. The molecule has 0 fully saturated rings. The zero-order chi connectivity index (χ0) is 10.1. The molecule has 0 heterocycles. The average Bonchev–Trinajstić information content (AvgIpc) is 2.49. The summed E-state index contributed by atoms with van der Waals surface area (Å²) in [5, 5.41) is 0. The van der Waals surface area contributed by atoms with Crippen molar-refractivity contribution >= 4 is 0 Å². The maximum atomic E-state index is 13.5. The van der Waals surface area contributed by atoms with Gasteiger partial charge in [-0.3, -0.25) is 0 Å². The molecule has 2 heteroatoms. The lowest BCUT2D eigenvalue weighted by Crippen LogP contribution is -2.05. The van der Waals surface area contributed by atoms with Crippen molar-refractivity contribution in [3.8, 4) is 0 Å². The summed E-state index contributed by atoms with van der Waals surface area (Å²) >= 11 is 0. The van der Waals surface area contributed by atoms with Crippen LogP contribution in [-0.4, -0.2) is 6.54 Å². The van der Waals surface area contributed by atoms with Crippen LogP contribution in [0.4, 0.5) is 4.39 Å². The lowest BCUT2D eigenvalue weighted by atomic mass is 9.96. The number of halogens is 1. The van der Waals surface area contributed by atoms with Crippen LogP contribution in [0.25, 0.3) is 0 Å². The van der Waals surface area contributed by atoms with E-state index in [9.17, 15) is 4.39 Å². The summed E-state index contributed by atoms with van der Waals surface area (Å²) in [6, 6.07) is 3.75. The van der Waals surface area contributed by atoms with Gasteiger partial charge >= 0.3 is 0 Å². The molecular weight excluding hydrogens is 177 g/mol. The van der Waals surface area contributed by atoms with Crippen molar-refractivity contribution in [3.63, 3.8) is 0 Å². The summed E-state index contributed by atoms with van der Waals surface area (Å²) in [6.07, 6.45) is 2.93. The second kappa shape index (κ2) is 3.70.